The number of piperazine rings is 1. The number of benzene rings is 1. The molecule has 0 bridgehead atoms. The van der Waals surface area contributed by atoms with Gasteiger partial charge in [-0.1, -0.05) is 31.9 Å². The maximum atomic E-state index is 12.4. The third-order valence-electron chi connectivity index (χ3n) is 3.65. The van der Waals surface area contributed by atoms with Crippen LogP contribution >= 0.6 is 31.9 Å². The molecule has 116 valence electrons. The summed E-state index contributed by atoms with van der Waals surface area (Å²) in [5.41, 5.74) is 1.11. The summed E-state index contributed by atoms with van der Waals surface area (Å²) in [6.07, 6.45) is 0. The molecule has 0 aliphatic carbocycles. The van der Waals surface area contributed by atoms with E-state index in [1.165, 1.54) is 0 Å². The third kappa shape index (κ3) is 3.99. The molecule has 1 unspecified atom stereocenters. The van der Waals surface area contributed by atoms with Gasteiger partial charge in [0, 0.05) is 29.8 Å². The van der Waals surface area contributed by atoms with Gasteiger partial charge in [-0.15, -0.1) is 0 Å². The summed E-state index contributed by atoms with van der Waals surface area (Å²) >= 11 is 6.84. The standard InChI is InChI=1S/C15H20Br2N2O2/c1-15(2,17)14(21)19-8-7-18(9-13(19)10-20)12-5-3-11(16)4-6-12/h3-6,13,20H,7-10H2,1-2H3. The zero-order valence-electron chi connectivity index (χ0n) is 12.2. The Bertz CT molecular complexity index is 499. The van der Waals surface area contributed by atoms with E-state index in [-0.39, 0.29) is 18.6 Å². The number of rotatable bonds is 3. The van der Waals surface area contributed by atoms with Gasteiger partial charge in [0.15, 0.2) is 0 Å². The number of alkyl halides is 1. The minimum Gasteiger partial charge on any atom is -0.394 e. The molecule has 0 spiro atoms. The predicted octanol–water partition coefficient (Wildman–Crippen LogP) is 2.63. The van der Waals surface area contributed by atoms with Gasteiger partial charge in [-0.2, -0.15) is 0 Å². The van der Waals surface area contributed by atoms with Crippen LogP contribution in [-0.4, -0.2) is 52.5 Å². The maximum Gasteiger partial charge on any atom is 0.239 e. The van der Waals surface area contributed by atoms with E-state index in [4.69, 9.17) is 0 Å². The highest BCUT2D eigenvalue weighted by molar-refractivity contribution is 9.10. The Morgan fingerprint density at radius 2 is 1.95 bits per heavy atom. The van der Waals surface area contributed by atoms with Crippen LogP contribution in [0, 0.1) is 0 Å². The number of halogens is 2. The molecule has 0 aromatic heterocycles. The molecule has 1 atom stereocenters. The molecule has 6 heteroatoms. The summed E-state index contributed by atoms with van der Waals surface area (Å²) in [6.45, 7) is 5.69. The third-order valence-corrected chi connectivity index (χ3v) is 4.52. The Morgan fingerprint density at radius 3 is 2.48 bits per heavy atom. The number of hydrogen-bond donors (Lipinski definition) is 1. The van der Waals surface area contributed by atoms with Crippen molar-refractivity contribution in [2.24, 2.45) is 0 Å². The number of nitrogens with zero attached hydrogens (tertiary/aromatic N) is 2. The Morgan fingerprint density at radius 1 is 1.33 bits per heavy atom. The lowest BCUT2D eigenvalue weighted by Gasteiger charge is -2.43. The lowest BCUT2D eigenvalue weighted by molar-refractivity contribution is -0.136. The molecule has 1 aliphatic heterocycles. The van der Waals surface area contributed by atoms with Crippen LogP contribution in [0.2, 0.25) is 0 Å². The van der Waals surface area contributed by atoms with E-state index in [2.05, 4.69) is 36.8 Å². The molecule has 21 heavy (non-hydrogen) atoms. The topological polar surface area (TPSA) is 43.8 Å². The molecular formula is C15H20Br2N2O2. The van der Waals surface area contributed by atoms with Crippen LogP contribution in [0.1, 0.15) is 13.8 Å². The second-order valence-electron chi connectivity index (χ2n) is 5.73. The van der Waals surface area contributed by atoms with E-state index < -0.39 is 4.32 Å². The summed E-state index contributed by atoms with van der Waals surface area (Å²) in [5, 5.41) is 9.64. The molecule has 1 N–H and O–H groups in total. The zero-order chi connectivity index (χ0) is 15.6. The van der Waals surface area contributed by atoms with Crippen molar-refractivity contribution in [3.63, 3.8) is 0 Å². The maximum absolute atomic E-state index is 12.4. The highest BCUT2D eigenvalue weighted by Gasteiger charge is 2.36. The zero-order valence-corrected chi connectivity index (χ0v) is 15.4. The number of amides is 1. The summed E-state index contributed by atoms with van der Waals surface area (Å²) in [6, 6.07) is 7.92. The summed E-state index contributed by atoms with van der Waals surface area (Å²) in [4.78, 5) is 16.4. The molecule has 0 saturated carbocycles. The minimum absolute atomic E-state index is 0.0250. The number of carbonyl (C=O) groups excluding carboxylic acids is 1. The van der Waals surface area contributed by atoms with Crippen LogP contribution in [0.15, 0.2) is 28.7 Å². The molecule has 1 aromatic rings. The van der Waals surface area contributed by atoms with E-state index >= 15 is 0 Å². The number of carbonyl (C=O) groups is 1. The average molecular weight is 420 g/mol. The highest BCUT2D eigenvalue weighted by atomic mass is 79.9. The fourth-order valence-corrected chi connectivity index (χ4v) is 3.00. The molecule has 1 aliphatic rings. The molecule has 0 radical (unpaired) electrons. The first kappa shape index (κ1) is 16.8. The number of anilines is 1. The highest BCUT2D eigenvalue weighted by Crippen LogP contribution is 2.25. The fourth-order valence-electron chi connectivity index (χ4n) is 2.51. The van der Waals surface area contributed by atoms with E-state index in [1.54, 1.807) is 4.90 Å². The number of aliphatic hydroxyl groups is 1. The number of aliphatic hydroxyl groups excluding tert-OH is 1. The summed E-state index contributed by atoms with van der Waals surface area (Å²) in [7, 11) is 0. The van der Waals surface area contributed by atoms with Crippen molar-refractivity contribution in [1.29, 1.82) is 0 Å². The van der Waals surface area contributed by atoms with Crippen molar-refractivity contribution in [1.82, 2.24) is 4.90 Å². The summed E-state index contributed by atoms with van der Waals surface area (Å²) < 4.78 is 0.444. The van der Waals surface area contributed by atoms with Gasteiger partial charge in [0.25, 0.3) is 0 Å². The van der Waals surface area contributed by atoms with Gasteiger partial charge < -0.3 is 14.9 Å². The van der Waals surface area contributed by atoms with Crippen molar-refractivity contribution in [3.8, 4) is 0 Å². The van der Waals surface area contributed by atoms with Crippen molar-refractivity contribution in [2.75, 3.05) is 31.1 Å². The predicted molar refractivity (Wildman–Crippen MR) is 91.9 cm³/mol. The second-order valence-corrected chi connectivity index (χ2v) is 8.63. The molecule has 1 saturated heterocycles. The van der Waals surface area contributed by atoms with Crippen LogP contribution in [0.5, 0.6) is 0 Å². The van der Waals surface area contributed by atoms with Crippen molar-refractivity contribution >= 4 is 43.5 Å². The molecule has 1 heterocycles. The Hall–Kier alpha value is -0.590. The van der Waals surface area contributed by atoms with Gasteiger partial charge in [-0.05, 0) is 38.1 Å². The van der Waals surface area contributed by atoms with Gasteiger partial charge in [0.2, 0.25) is 5.91 Å². The largest absolute Gasteiger partial charge is 0.394 e. The van der Waals surface area contributed by atoms with Crippen molar-refractivity contribution in [3.05, 3.63) is 28.7 Å². The average Bonchev–Trinajstić information content (AvgIpc) is 2.45. The van der Waals surface area contributed by atoms with Crippen LogP contribution < -0.4 is 4.90 Å². The second kappa shape index (κ2) is 6.67. The van der Waals surface area contributed by atoms with Crippen LogP contribution in [0.4, 0.5) is 5.69 Å². The lowest BCUT2D eigenvalue weighted by Crippen LogP contribution is -2.59. The van der Waals surface area contributed by atoms with Gasteiger partial charge >= 0.3 is 0 Å². The monoisotopic (exact) mass is 418 g/mol. The Balaban J connectivity index is 2.11. The van der Waals surface area contributed by atoms with E-state index in [0.717, 1.165) is 16.7 Å². The normalized spacial score (nSPS) is 19.8. The lowest BCUT2D eigenvalue weighted by atomic mass is 10.1. The van der Waals surface area contributed by atoms with E-state index in [0.29, 0.717) is 13.1 Å². The number of hydrogen-bond acceptors (Lipinski definition) is 3. The van der Waals surface area contributed by atoms with Crippen LogP contribution in [0.3, 0.4) is 0 Å². The first-order valence-corrected chi connectivity index (χ1v) is 8.53. The van der Waals surface area contributed by atoms with E-state index in [9.17, 15) is 9.90 Å². The van der Waals surface area contributed by atoms with Gasteiger partial charge in [-0.3, -0.25) is 4.79 Å². The molecule has 1 fully saturated rings. The Labute approximate surface area is 142 Å². The van der Waals surface area contributed by atoms with Crippen molar-refractivity contribution in [2.45, 2.75) is 24.2 Å². The molecule has 2 rings (SSSR count). The van der Waals surface area contributed by atoms with Crippen LogP contribution in [0.25, 0.3) is 0 Å². The molecule has 1 amide bonds. The minimum atomic E-state index is -0.597. The van der Waals surface area contributed by atoms with Crippen LogP contribution in [-0.2, 0) is 4.79 Å². The van der Waals surface area contributed by atoms with Gasteiger partial charge in [0.05, 0.1) is 17.0 Å². The Kier molecular flexibility index (Phi) is 5.33. The smallest absolute Gasteiger partial charge is 0.239 e. The first-order valence-electron chi connectivity index (χ1n) is 6.94. The van der Waals surface area contributed by atoms with E-state index in [1.807, 2.05) is 38.1 Å². The molecule has 1 aromatic carbocycles. The molecule has 4 nitrogen and oxygen atoms in total. The fraction of sp³-hybridized carbons (Fsp3) is 0.533. The van der Waals surface area contributed by atoms with Gasteiger partial charge in [0.1, 0.15) is 0 Å². The van der Waals surface area contributed by atoms with Gasteiger partial charge in [-0.25, -0.2) is 0 Å². The quantitative estimate of drug-likeness (QED) is 0.766. The SMILES string of the molecule is CC(C)(Br)C(=O)N1CCN(c2ccc(Br)cc2)CC1CO. The van der Waals surface area contributed by atoms with Crippen molar-refractivity contribution < 1.29 is 9.90 Å². The molecular weight excluding hydrogens is 400 g/mol. The summed E-state index contributed by atoms with van der Waals surface area (Å²) in [5.74, 6) is 0.0250. The first-order chi connectivity index (χ1) is 9.82.